The Morgan fingerprint density at radius 2 is 1.87 bits per heavy atom. The van der Waals surface area contributed by atoms with Crippen molar-refractivity contribution in [3.8, 4) is 11.5 Å². The van der Waals surface area contributed by atoms with E-state index in [4.69, 9.17) is 14.6 Å². The normalized spacial score (nSPS) is 11.8. The fraction of sp³-hybridized carbons (Fsp3) is 0.350. The van der Waals surface area contributed by atoms with Crippen LogP contribution >= 0.6 is 15.9 Å². The molecule has 0 spiro atoms. The molecule has 0 aliphatic heterocycles. The third kappa shape index (κ3) is 6.71. The number of carbonyl (C=O) groups is 1. The Kier molecular flexibility index (Phi) is 8.10. The van der Waals surface area contributed by atoms with Crippen molar-refractivity contribution in [3.63, 3.8) is 0 Å². The van der Waals surface area contributed by atoms with Crippen LogP contribution in [0.25, 0.3) is 0 Å². The molecule has 2 rings (SSSR count). The molecule has 11 heteroatoms. The number of carboxylic acid groups (broad SMARTS) is 1. The van der Waals surface area contributed by atoms with Crippen molar-refractivity contribution in [2.45, 2.75) is 31.5 Å². The van der Waals surface area contributed by atoms with Crippen molar-refractivity contribution >= 4 is 27.6 Å². The minimum absolute atomic E-state index is 0.128. The number of hydrogen-bond donors (Lipinski definition) is 2. The highest BCUT2D eigenvalue weighted by Crippen LogP contribution is 2.40. The summed E-state index contributed by atoms with van der Waals surface area (Å²) in [7, 11) is 1.36. The van der Waals surface area contributed by atoms with Gasteiger partial charge in [0, 0.05) is 18.7 Å². The van der Waals surface area contributed by atoms with Gasteiger partial charge in [-0.3, -0.25) is 0 Å². The second kappa shape index (κ2) is 10.2. The Bertz CT molecular complexity index is 921. The van der Waals surface area contributed by atoms with Crippen LogP contribution in [-0.4, -0.2) is 36.9 Å². The van der Waals surface area contributed by atoms with Gasteiger partial charge in [0.05, 0.1) is 23.8 Å². The number of rotatable bonds is 10. The molecule has 0 heterocycles. The standard InChI is InChI=1S/C20H19BrF5NO4/c1-30-16-9-12(11-27-14-5-2-4-13(10-14)18(28)29)8-15(21)17(16)31-7-3-6-19(22,23)20(24,25)26/h2,4-5,8-10,27H,3,6-7,11H2,1H3,(H,28,29). The predicted octanol–water partition coefficient (Wildman–Crippen LogP) is 6.12. The summed E-state index contributed by atoms with van der Waals surface area (Å²) in [6, 6.07) is 9.51. The first-order valence-corrected chi connectivity index (χ1v) is 9.75. The quantitative estimate of drug-likeness (QED) is 0.297. The Morgan fingerprint density at radius 3 is 2.48 bits per heavy atom. The van der Waals surface area contributed by atoms with Gasteiger partial charge in [-0.1, -0.05) is 6.07 Å². The number of nitrogens with one attached hydrogen (secondary N) is 1. The molecule has 0 unspecified atom stereocenters. The Balaban J connectivity index is 2.01. The van der Waals surface area contributed by atoms with Crippen molar-refractivity contribution in [2.75, 3.05) is 19.0 Å². The van der Waals surface area contributed by atoms with E-state index in [-0.39, 0.29) is 23.7 Å². The Hall–Kier alpha value is -2.56. The summed E-state index contributed by atoms with van der Waals surface area (Å²) in [4.78, 5) is 11.0. The molecule has 0 fully saturated rings. The monoisotopic (exact) mass is 511 g/mol. The van der Waals surface area contributed by atoms with Crippen LogP contribution in [0.4, 0.5) is 27.6 Å². The molecular weight excluding hydrogens is 493 g/mol. The minimum Gasteiger partial charge on any atom is -0.493 e. The smallest absolute Gasteiger partial charge is 0.453 e. The molecule has 0 radical (unpaired) electrons. The molecule has 0 saturated heterocycles. The molecule has 0 atom stereocenters. The van der Waals surface area contributed by atoms with E-state index in [0.29, 0.717) is 16.7 Å². The first-order valence-electron chi connectivity index (χ1n) is 8.95. The lowest BCUT2D eigenvalue weighted by atomic mass is 10.1. The van der Waals surface area contributed by atoms with Gasteiger partial charge in [-0.25, -0.2) is 4.79 Å². The van der Waals surface area contributed by atoms with Crippen molar-refractivity contribution in [2.24, 2.45) is 0 Å². The van der Waals surface area contributed by atoms with Crippen LogP contribution in [0.1, 0.15) is 28.8 Å². The summed E-state index contributed by atoms with van der Waals surface area (Å²) in [5.74, 6) is -5.39. The van der Waals surface area contributed by atoms with E-state index >= 15 is 0 Å². The van der Waals surface area contributed by atoms with E-state index < -0.39 is 30.9 Å². The van der Waals surface area contributed by atoms with Crippen molar-refractivity contribution in [1.29, 1.82) is 0 Å². The van der Waals surface area contributed by atoms with Gasteiger partial charge in [0.15, 0.2) is 11.5 Å². The number of ether oxygens (including phenoxy) is 2. The summed E-state index contributed by atoms with van der Waals surface area (Å²) < 4.78 is 73.6. The van der Waals surface area contributed by atoms with Gasteiger partial charge in [0.25, 0.3) is 0 Å². The number of aromatic carboxylic acids is 1. The number of alkyl halides is 5. The van der Waals surface area contributed by atoms with E-state index in [0.717, 1.165) is 5.56 Å². The third-order valence-electron chi connectivity index (χ3n) is 4.19. The molecule has 2 aromatic carbocycles. The van der Waals surface area contributed by atoms with Gasteiger partial charge in [-0.15, -0.1) is 0 Å². The van der Waals surface area contributed by atoms with Gasteiger partial charge in [0.1, 0.15) is 0 Å². The SMILES string of the molecule is COc1cc(CNc2cccc(C(=O)O)c2)cc(Br)c1OCCCC(F)(F)C(F)(F)F. The fourth-order valence-electron chi connectivity index (χ4n) is 2.59. The van der Waals surface area contributed by atoms with Crippen LogP contribution in [0.2, 0.25) is 0 Å². The lowest BCUT2D eigenvalue weighted by Gasteiger charge is -2.20. The van der Waals surface area contributed by atoms with Crippen molar-refractivity contribution in [3.05, 3.63) is 52.0 Å². The van der Waals surface area contributed by atoms with E-state index in [2.05, 4.69) is 21.2 Å². The van der Waals surface area contributed by atoms with Crippen LogP contribution in [-0.2, 0) is 6.54 Å². The second-order valence-corrected chi connectivity index (χ2v) is 7.36. The molecule has 0 aromatic heterocycles. The highest BCUT2D eigenvalue weighted by atomic mass is 79.9. The van der Waals surface area contributed by atoms with E-state index in [9.17, 15) is 26.7 Å². The number of halogens is 6. The summed E-state index contributed by atoms with van der Waals surface area (Å²) in [5, 5.41) is 12.1. The van der Waals surface area contributed by atoms with Crippen LogP contribution < -0.4 is 14.8 Å². The van der Waals surface area contributed by atoms with Gasteiger partial charge >= 0.3 is 18.1 Å². The number of anilines is 1. The maximum absolute atomic E-state index is 13.0. The van der Waals surface area contributed by atoms with Crippen LogP contribution in [0.5, 0.6) is 11.5 Å². The molecule has 0 aliphatic rings. The second-order valence-electron chi connectivity index (χ2n) is 6.50. The van der Waals surface area contributed by atoms with Crippen molar-refractivity contribution in [1.82, 2.24) is 0 Å². The first-order chi connectivity index (χ1) is 14.4. The third-order valence-corrected chi connectivity index (χ3v) is 4.78. The first kappa shape index (κ1) is 24.7. The molecule has 5 nitrogen and oxygen atoms in total. The summed E-state index contributed by atoms with van der Waals surface area (Å²) >= 11 is 3.28. The molecule has 0 bridgehead atoms. The average Bonchev–Trinajstić information content (AvgIpc) is 2.69. The van der Waals surface area contributed by atoms with Gasteiger partial charge < -0.3 is 19.9 Å². The number of benzene rings is 2. The Labute approximate surface area is 183 Å². The molecule has 2 aromatic rings. The zero-order chi connectivity index (χ0) is 23.2. The number of hydrogen-bond acceptors (Lipinski definition) is 4. The highest BCUT2D eigenvalue weighted by molar-refractivity contribution is 9.10. The minimum atomic E-state index is -5.59. The van der Waals surface area contributed by atoms with Gasteiger partial charge in [0.2, 0.25) is 0 Å². The van der Waals surface area contributed by atoms with E-state index in [1.54, 1.807) is 24.3 Å². The van der Waals surface area contributed by atoms with Crippen LogP contribution in [0.15, 0.2) is 40.9 Å². The van der Waals surface area contributed by atoms with Gasteiger partial charge in [-0.05, 0) is 58.2 Å². The zero-order valence-corrected chi connectivity index (χ0v) is 17.8. The zero-order valence-electron chi connectivity index (χ0n) is 16.2. The van der Waals surface area contributed by atoms with Gasteiger partial charge in [-0.2, -0.15) is 22.0 Å². The maximum Gasteiger partial charge on any atom is 0.453 e. The molecule has 2 N–H and O–H groups in total. The molecule has 0 saturated carbocycles. The number of methoxy groups -OCH3 is 1. The average molecular weight is 512 g/mol. The summed E-state index contributed by atoms with van der Waals surface area (Å²) in [6.45, 7) is -0.0592. The summed E-state index contributed by atoms with van der Waals surface area (Å²) in [6.07, 6.45) is -7.48. The van der Waals surface area contributed by atoms with E-state index in [1.165, 1.54) is 19.2 Å². The molecule has 0 aliphatic carbocycles. The molecule has 0 amide bonds. The summed E-state index contributed by atoms with van der Waals surface area (Å²) in [5.41, 5.74) is 1.44. The lowest BCUT2D eigenvalue weighted by molar-refractivity contribution is -0.284. The van der Waals surface area contributed by atoms with Crippen LogP contribution in [0.3, 0.4) is 0 Å². The lowest BCUT2D eigenvalue weighted by Crippen LogP contribution is -2.36. The van der Waals surface area contributed by atoms with Crippen LogP contribution in [0, 0.1) is 0 Å². The molecule has 31 heavy (non-hydrogen) atoms. The maximum atomic E-state index is 13.0. The largest absolute Gasteiger partial charge is 0.493 e. The van der Waals surface area contributed by atoms with E-state index in [1.807, 2.05) is 0 Å². The highest BCUT2D eigenvalue weighted by Gasteiger charge is 2.56. The topological polar surface area (TPSA) is 67.8 Å². The fourth-order valence-corrected chi connectivity index (χ4v) is 3.20. The Morgan fingerprint density at radius 1 is 1.16 bits per heavy atom. The number of carboxylic acids is 1. The molecule has 170 valence electrons. The van der Waals surface area contributed by atoms with Crippen molar-refractivity contribution < 1.29 is 41.3 Å². The predicted molar refractivity (Wildman–Crippen MR) is 107 cm³/mol. The molecular formula is C20H19BrF5NO4.